The number of fused-ring (bicyclic) bond motifs is 1. The molecule has 0 radical (unpaired) electrons. The van der Waals surface area contributed by atoms with Crippen molar-refractivity contribution in [2.45, 2.75) is 57.0 Å². The molecule has 10 heteroatoms. The molecular formula is C22H30N4O4S2. The Kier molecular flexibility index (Phi) is 5.83. The van der Waals surface area contributed by atoms with E-state index in [0.29, 0.717) is 18.5 Å². The lowest BCUT2D eigenvalue weighted by molar-refractivity contribution is 0.342. The number of nitrogens with zero attached hydrogens (tertiary/aromatic N) is 3. The van der Waals surface area contributed by atoms with Crippen LogP contribution in [0, 0.1) is 5.41 Å². The largest absolute Gasteiger partial charge is 0.366 e. The van der Waals surface area contributed by atoms with Crippen LogP contribution >= 0.6 is 0 Å². The predicted molar refractivity (Wildman–Crippen MR) is 125 cm³/mol. The van der Waals surface area contributed by atoms with Crippen LogP contribution in [0.4, 0.5) is 5.82 Å². The summed E-state index contributed by atoms with van der Waals surface area (Å²) in [5.74, 6) is 0.893. The number of hydrogen-bond acceptors (Lipinski definition) is 7. The Morgan fingerprint density at radius 3 is 2.38 bits per heavy atom. The molecule has 4 heterocycles. The van der Waals surface area contributed by atoms with Crippen LogP contribution in [0.3, 0.4) is 0 Å². The monoisotopic (exact) mass is 478 g/mol. The molecule has 32 heavy (non-hydrogen) atoms. The van der Waals surface area contributed by atoms with E-state index in [1.807, 2.05) is 6.07 Å². The summed E-state index contributed by atoms with van der Waals surface area (Å²) >= 11 is 0. The molecule has 2 aliphatic heterocycles. The summed E-state index contributed by atoms with van der Waals surface area (Å²) in [5, 5.41) is 3.49. The molecule has 0 spiro atoms. The molecular weight excluding hydrogens is 448 g/mol. The van der Waals surface area contributed by atoms with Crippen molar-refractivity contribution in [3.8, 4) is 11.3 Å². The van der Waals surface area contributed by atoms with Gasteiger partial charge in [-0.05, 0) is 42.9 Å². The van der Waals surface area contributed by atoms with Gasteiger partial charge in [0.25, 0.3) is 0 Å². The minimum absolute atomic E-state index is 0.0193. The molecule has 1 N–H and O–H groups in total. The van der Waals surface area contributed by atoms with Crippen LogP contribution in [0.2, 0.25) is 0 Å². The fourth-order valence-electron chi connectivity index (χ4n) is 4.30. The lowest BCUT2D eigenvalue weighted by Crippen LogP contribution is -2.42. The van der Waals surface area contributed by atoms with E-state index in [0.717, 1.165) is 23.4 Å². The number of anilines is 1. The van der Waals surface area contributed by atoms with Gasteiger partial charge in [-0.25, -0.2) is 21.8 Å². The second-order valence-corrected chi connectivity index (χ2v) is 14.0. The highest BCUT2D eigenvalue weighted by Crippen LogP contribution is 2.38. The molecule has 1 fully saturated rings. The molecule has 0 saturated carbocycles. The highest BCUT2D eigenvalue weighted by Gasteiger charge is 2.34. The zero-order valence-corrected chi connectivity index (χ0v) is 20.5. The maximum absolute atomic E-state index is 13.1. The van der Waals surface area contributed by atoms with Gasteiger partial charge in [0.05, 0.1) is 17.2 Å². The third-order valence-electron chi connectivity index (χ3n) is 6.55. The number of aromatic nitrogens is 2. The van der Waals surface area contributed by atoms with Gasteiger partial charge in [0.15, 0.2) is 0 Å². The number of pyridine rings is 2. The van der Waals surface area contributed by atoms with Crippen LogP contribution in [-0.2, 0) is 26.3 Å². The summed E-state index contributed by atoms with van der Waals surface area (Å²) in [6.07, 6.45) is 4.58. The fourth-order valence-corrected chi connectivity index (χ4v) is 7.13. The van der Waals surface area contributed by atoms with E-state index in [9.17, 15) is 16.8 Å². The molecule has 0 amide bonds. The fraction of sp³-hybridized carbons (Fsp3) is 0.545. The van der Waals surface area contributed by atoms with Gasteiger partial charge in [-0.1, -0.05) is 20.8 Å². The second-order valence-electron chi connectivity index (χ2n) is 9.74. The molecule has 1 atom stereocenters. The Balaban J connectivity index is 1.57. The minimum Gasteiger partial charge on any atom is -0.366 e. The zero-order chi connectivity index (χ0) is 23.3. The third kappa shape index (κ3) is 4.40. The summed E-state index contributed by atoms with van der Waals surface area (Å²) in [5.41, 5.74) is 2.82. The van der Waals surface area contributed by atoms with Gasteiger partial charge in [-0.2, -0.15) is 4.31 Å². The van der Waals surface area contributed by atoms with Gasteiger partial charge in [0.2, 0.25) is 10.0 Å². The molecule has 4 rings (SSSR count). The van der Waals surface area contributed by atoms with Gasteiger partial charge < -0.3 is 5.32 Å². The number of sulfone groups is 1. The quantitative estimate of drug-likeness (QED) is 0.719. The van der Waals surface area contributed by atoms with Crippen molar-refractivity contribution < 1.29 is 16.8 Å². The van der Waals surface area contributed by atoms with Crippen LogP contribution in [0.1, 0.15) is 39.2 Å². The number of nitrogens with one attached hydrogen (secondary N) is 1. The summed E-state index contributed by atoms with van der Waals surface area (Å²) in [4.78, 5) is 9.05. The van der Waals surface area contributed by atoms with Crippen LogP contribution in [0.15, 0.2) is 35.5 Å². The molecule has 2 aromatic heterocycles. The van der Waals surface area contributed by atoms with Crippen LogP contribution in [0.25, 0.3) is 11.3 Å². The average molecular weight is 479 g/mol. The van der Waals surface area contributed by atoms with Crippen molar-refractivity contribution in [1.82, 2.24) is 14.3 Å². The van der Waals surface area contributed by atoms with Crippen molar-refractivity contribution in [2.75, 3.05) is 23.9 Å². The first-order valence-electron chi connectivity index (χ1n) is 10.8. The lowest BCUT2D eigenvalue weighted by atomic mass is 9.84. The highest BCUT2D eigenvalue weighted by molar-refractivity contribution is 7.91. The lowest BCUT2D eigenvalue weighted by Gasteiger charge is -2.30. The summed E-state index contributed by atoms with van der Waals surface area (Å²) in [6, 6.07) is 5.15. The maximum atomic E-state index is 13.1. The van der Waals surface area contributed by atoms with Crippen molar-refractivity contribution in [1.29, 1.82) is 0 Å². The summed E-state index contributed by atoms with van der Waals surface area (Å²) < 4.78 is 50.8. The van der Waals surface area contributed by atoms with E-state index in [4.69, 9.17) is 0 Å². The van der Waals surface area contributed by atoms with E-state index in [1.54, 1.807) is 18.3 Å². The third-order valence-corrected chi connectivity index (χ3v) is 10.2. The standard InChI is InChI=1S/C22H30N4O4S2/c1-22(2,3)20-13-18-17(7-10-23-21(18)25-20)19-6-5-16(14-24-19)32(29,30)26(4)15-8-11-31(27,28)12-9-15/h5-7,10,14-15,20H,8-9,11-13H2,1-4H3,(H,23,25). The average Bonchev–Trinajstić information content (AvgIpc) is 3.18. The van der Waals surface area contributed by atoms with Crippen LogP contribution in [-0.4, -0.2) is 61.7 Å². The predicted octanol–water partition coefficient (Wildman–Crippen LogP) is 2.72. The van der Waals surface area contributed by atoms with E-state index in [2.05, 4.69) is 36.1 Å². The molecule has 2 aromatic rings. The van der Waals surface area contributed by atoms with Crippen molar-refractivity contribution in [3.05, 3.63) is 36.2 Å². The molecule has 0 bridgehead atoms. The number of sulfonamides is 1. The smallest absolute Gasteiger partial charge is 0.244 e. The van der Waals surface area contributed by atoms with Gasteiger partial charge in [0.1, 0.15) is 20.6 Å². The minimum atomic E-state index is -3.76. The molecule has 174 valence electrons. The Hall–Kier alpha value is -2.04. The number of hydrogen-bond donors (Lipinski definition) is 1. The molecule has 8 nitrogen and oxygen atoms in total. The molecule has 1 unspecified atom stereocenters. The van der Waals surface area contributed by atoms with E-state index in [1.165, 1.54) is 17.5 Å². The zero-order valence-electron chi connectivity index (χ0n) is 18.9. The first-order chi connectivity index (χ1) is 14.9. The first kappa shape index (κ1) is 23.1. The van der Waals surface area contributed by atoms with Gasteiger partial charge in [-0.3, -0.25) is 4.98 Å². The van der Waals surface area contributed by atoms with E-state index >= 15 is 0 Å². The molecule has 1 saturated heterocycles. The normalized spacial score (nSPS) is 21.3. The van der Waals surface area contributed by atoms with Gasteiger partial charge in [0, 0.05) is 42.7 Å². The highest BCUT2D eigenvalue weighted by atomic mass is 32.2. The first-order valence-corrected chi connectivity index (χ1v) is 14.0. The Morgan fingerprint density at radius 1 is 1.09 bits per heavy atom. The second kappa shape index (κ2) is 8.07. The summed E-state index contributed by atoms with van der Waals surface area (Å²) in [6.45, 7) is 6.56. The van der Waals surface area contributed by atoms with Crippen molar-refractivity contribution in [2.24, 2.45) is 5.41 Å². The van der Waals surface area contributed by atoms with E-state index in [-0.39, 0.29) is 33.9 Å². The molecule has 0 aliphatic carbocycles. The maximum Gasteiger partial charge on any atom is 0.244 e. The van der Waals surface area contributed by atoms with Crippen molar-refractivity contribution in [3.63, 3.8) is 0 Å². The Bertz CT molecular complexity index is 1210. The Morgan fingerprint density at radius 2 is 1.78 bits per heavy atom. The van der Waals surface area contributed by atoms with Crippen molar-refractivity contribution >= 4 is 25.7 Å². The topological polar surface area (TPSA) is 109 Å². The Labute approximate surface area is 190 Å². The number of rotatable bonds is 4. The summed E-state index contributed by atoms with van der Waals surface area (Å²) in [7, 11) is -5.31. The SMILES string of the molecule is CN(C1CCS(=O)(=O)CC1)S(=O)(=O)c1ccc(-c2ccnc3c2CC(C(C)(C)C)N3)nc1. The molecule has 2 aliphatic rings. The molecule has 0 aromatic carbocycles. The van der Waals surface area contributed by atoms with E-state index < -0.39 is 19.9 Å². The van der Waals surface area contributed by atoms with Crippen LogP contribution < -0.4 is 5.32 Å². The van der Waals surface area contributed by atoms with Gasteiger partial charge in [-0.15, -0.1) is 0 Å². The van der Waals surface area contributed by atoms with Crippen LogP contribution in [0.5, 0.6) is 0 Å². The van der Waals surface area contributed by atoms with Gasteiger partial charge >= 0.3 is 0 Å².